The number of carbonyl (C=O) groups excluding carboxylic acids is 2. The maximum Gasteiger partial charge on any atom is 0.220 e. The zero-order valence-corrected chi connectivity index (χ0v) is 11.1. The number of nitrogens with one attached hydrogen (secondary N) is 1. The Balaban J connectivity index is 1.94. The van der Waals surface area contributed by atoms with E-state index in [4.69, 9.17) is 9.52 Å². The van der Waals surface area contributed by atoms with Gasteiger partial charge in [0.05, 0.1) is 6.26 Å². The van der Waals surface area contributed by atoms with Crippen molar-refractivity contribution in [3.63, 3.8) is 0 Å². The second-order valence-corrected chi connectivity index (χ2v) is 4.44. The summed E-state index contributed by atoms with van der Waals surface area (Å²) in [5.41, 5.74) is 0. The monoisotopic (exact) mass is 267 g/mol. The third kappa shape index (κ3) is 7.41. The van der Waals surface area contributed by atoms with Gasteiger partial charge >= 0.3 is 0 Å². The van der Waals surface area contributed by atoms with Crippen LogP contribution in [0.15, 0.2) is 22.8 Å². The van der Waals surface area contributed by atoms with Gasteiger partial charge in [0.25, 0.3) is 0 Å². The van der Waals surface area contributed by atoms with E-state index in [2.05, 4.69) is 5.32 Å². The van der Waals surface area contributed by atoms with Crippen LogP contribution in [0.5, 0.6) is 0 Å². The summed E-state index contributed by atoms with van der Waals surface area (Å²) in [5.74, 6) is 0.711. The Hall–Kier alpha value is -1.62. The highest BCUT2D eigenvalue weighted by molar-refractivity contribution is 5.79. The normalized spacial score (nSPS) is 10.4. The lowest BCUT2D eigenvalue weighted by Gasteiger charge is -2.04. The fourth-order valence-electron chi connectivity index (χ4n) is 1.71. The first kappa shape index (κ1) is 15.4. The third-order valence-corrected chi connectivity index (χ3v) is 2.81. The molecule has 106 valence electrons. The Morgan fingerprint density at radius 1 is 1.21 bits per heavy atom. The van der Waals surface area contributed by atoms with Gasteiger partial charge in [0.15, 0.2) is 5.78 Å². The number of aliphatic hydroxyl groups excluding tert-OH is 1. The molecule has 5 nitrogen and oxygen atoms in total. The number of amides is 1. The second-order valence-electron chi connectivity index (χ2n) is 4.44. The minimum absolute atomic E-state index is 0.0165. The largest absolute Gasteiger partial charge is 0.469 e. The van der Waals surface area contributed by atoms with E-state index < -0.39 is 0 Å². The molecule has 1 aromatic heterocycles. The molecule has 0 atom stereocenters. The van der Waals surface area contributed by atoms with Gasteiger partial charge in [-0.25, -0.2) is 0 Å². The average molecular weight is 267 g/mol. The van der Waals surface area contributed by atoms with Crippen LogP contribution in [0.3, 0.4) is 0 Å². The zero-order valence-electron chi connectivity index (χ0n) is 11.1. The number of Topliss-reactive ketones (excluding diaryl/α,β-unsaturated/α-hetero) is 1. The number of unbranched alkanes of at least 4 members (excludes halogenated alkanes) is 2. The number of aryl methyl sites for hydroxylation is 1. The topological polar surface area (TPSA) is 79.5 Å². The first-order valence-electron chi connectivity index (χ1n) is 6.64. The van der Waals surface area contributed by atoms with Crippen LogP contribution >= 0.6 is 0 Å². The third-order valence-electron chi connectivity index (χ3n) is 2.81. The van der Waals surface area contributed by atoms with Crippen molar-refractivity contribution in [1.29, 1.82) is 0 Å². The van der Waals surface area contributed by atoms with Gasteiger partial charge in [-0.3, -0.25) is 9.59 Å². The number of aliphatic hydroxyl groups is 1. The van der Waals surface area contributed by atoms with Crippen LogP contribution in [0.25, 0.3) is 0 Å². The number of carbonyl (C=O) groups is 2. The van der Waals surface area contributed by atoms with Crippen LogP contribution in [0.1, 0.15) is 37.9 Å². The molecule has 2 N–H and O–H groups in total. The minimum Gasteiger partial charge on any atom is -0.469 e. The molecule has 0 saturated carbocycles. The van der Waals surface area contributed by atoms with Crippen molar-refractivity contribution in [2.45, 2.75) is 38.5 Å². The molecule has 0 aliphatic carbocycles. The highest BCUT2D eigenvalue weighted by Crippen LogP contribution is 2.03. The Kier molecular flexibility index (Phi) is 7.58. The Bertz CT molecular complexity index is 373. The van der Waals surface area contributed by atoms with Crippen molar-refractivity contribution >= 4 is 11.7 Å². The van der Waals surface area contributed by atoms with Gasteiger partial charge in [-0.15, -0.1) is 0 Å². The number of furan rings is 1. The lowest BCUT2D eigenvalue weighted by Crippen LogP contribution is -2.24. The molecule has 0 radical (unpaired) electrons. The van der Waals surface area contributed by atoms with E-state index in [1.807, 2.05) is 6.07 Å². The number of ketones is 1. The molecule has 1 aromatic rings. The molecule has 0 saturated heterocycles. The fraction of sp³-hybridized carbons (Fsp3) is 0.571. The first-order valence-corrected chi connectivity index (χ1v) is 6.64. The Labute approximate surface area is 113 Å². The number of hydrogen-bond donors (Lipinski definition) is 2. The van der Waals surface area contributed by atoms with Crippen molar-refractivity contribution in [1.82, 2.24) is 5.32 Å². The molecule has 1 heterocycles. The summed E-state index contributed by atoms with van der Waals surface area (Å²) < 4.78 is 5.14. The summed E-state index contributed by atoms with van der Waals surface area (Å²) in [7, 11) is 0. The molecule has 0 aliphatic heterocycles. The summed E-state index contributed by atoms with van der Waals surface area (Å²) in [6, 6.07) is 3.66. The van der Waals surface area contributed by atoms with E-state index in [9.17, 15) is 9.59 Å². The molecule has 5 heteroatoms. The highest BCUT2D eigenvalue weighted by atomic mass is 16.3. The van der Waals surface area contributed by atoms with Crippen LogP contribution in [0.2, 0.25) is 0 Å². The average Bonchev–Trinajstić information content (AvgIpc) is 2.93. The maximum absolute atomic E-state index is 11.5. The summed E-state index contributed by atoms with van der Waals surface area (Å²) in [6.45, 7) is 0.258. The minimum atomic E-state index is -0.372. The fourth-order valence-corrected chi connectivity index (χ4v) is 1.71. The summed E-state index contributed by atoms with van der Waals surface area (Å²) in [4.78, 5) is 22.3. The standard InChI is InChI=1S/C14H21NO4/c16-11-12(17)5-2-1-3-9-15-14(18)8-7-13-6-4-10-19-13/h4,6,10,16H,1-3,5,7-9,11H2,(H,15,18). The van der Waals surface area contributed by atoms with Crippen molar-refractivity contribution in [3.05, 3.63) is 24.2 Å². The van der Waals surface area contributed by atoms with Gasteiger partial charge in [-0.05, 0) is 25.0 Å². The second kappa shape index (κ2) is 9.33. The van der Waals surface area contributed by atoms with E-state index in [1.165, 1.54) is 0 Å². The molecule has 19 heavy (non-hydrogen) atoms. The quantitative estimate of drug-likeness (QED) is 0.629. The molecular weight excluding hydrogens is 246 g/mol. The van der Waals surface area contributed by atoms with Gasteiger partial charge in [-0.2, -0.15) is 0 Å². The number of rotatable bonds is 10. The summed E-state index contributed by atoms with van der Waals surface area (Å²) >= 11 is 0. The molecule has 0 fully saturated rings. The van der Waals surface area contributed by atoms with Gasteiger partial charge in [0.1, 0.15) is 12.4 Å². The van der Waals surface area contributed by atoms with E-state index in [0.717, 1.165) is 25.0 Å². The molecule has 0 unspecified atom stereocenters. The van der Waals surface area contributed by atoms with E-state index in [0.29, 0.717) is 25.8 Å². The lowest BCUT2D eigenvalue weighted by molar-refractivity contribution is -0.122. The zero-order chi connectivity index (χ0) is 13.9. The van der Waals surface area contributed by atoms with Crippen molar-refractivity contribution in [2.75, 3.05) is 13.2 Å². The van der Waals surface area contributed by atoms with Gasteiger partial charge in [0.2, 0.25) is 5.91 Å². The smallest absolute Gasteiger partial charge is 0.220 e. The highest BCUT2D eigenvalue weighted by Gasteiger charge is 2.03. The van der Waals surface area contributed by atoms with Crippen molar-refractivity contribution in [2.24, 2.45) is 0 Å². The molecule has 1 rings (SSSR count). The van der Waals surface area contributed by atoms with Gasteiger partial charge in [0, 0.05) is 25.8 Å². The van der Waals surface area contributed by atoms with Crippen LogP contribution in [-0.2, 0) is 16.0 Å². The van der Waals surface area contributed by atoms with Gasteiger partial charge in [-0.1, -0.05) is 6.42 Å². The molecule has 0 aromatic carbocycles. The summed E-state index contributed by atoms with van der Waals surface area (Å²) in [6.07, 6.45) is 5.56. The molecule has 0 bridgehead atoms. The SMILES string of the molecule is O=C(CO)CCCCCNC(=O)CCc1ccco1. The van der Waals surface area contributed by atoms with Gasteiger partial charge < -0.3 is 14.8 Å². The number of hydrogen-bond acceptors (Lipinski definition) is 4. The Morgan fingerprint density at radius 3 is 2.74 bits per heavy atom. The predicted molar refractivity (Wildman–Crippen MR) is 70.6 cm³/mol. The van der Waals surface area contributed by atoms with Crippen LogP contribution in [-0.4, -0.2) is 29.9 Å². The Morgan fingerprint density at radius 2 is 2.05 bits per heavy atom. The van der Waals surface area contributed by atoms with Crippen LogP contribution in [0.4, 0.5) is 0 Å². The van der Waals surface area contributed by atoms with Crippen LogP contribution < -0.4 is 5.32 Å². The first-order chi connectivity index (χ1) is 9.22. The lowest BCUT2D eigenvalue weighted by atomic mass is 10.1. The van der Waals surface area contributed by atoms with E-state index in [1.54, 1.807) is 12.3 Å². The van der Waals surface area contributed by atoms with E-state index in [-0.39, 0.29) is 18.3 Å². The van der Waals surface area contributed by atoms with Crippen molar-refractivity contribution in [3.8, 4) is 0 Å². The van der Waals surface area contributed by atoms with Crippen molar-refractivity contribution < 1.29 is 19.1 Å². The molecule has 0 spiro atoms. The molecular formula is C14H21NO4. The van der Waals surface area contributed by atoms with E-state index >= 15 is 0 Å². The van der Waals surface area contributed by atoms with Crippen LogP contribution in [0, 0.1) is 0 Å². The molecule has 1 amide bonds. The summed E-state index contributed by atoms with van der Waals surface area (Å²) in [5, 5.41) is 11.4. The predicted octanol–water partition coefficient (Wildman–Crippen LogP) is 1.45. The maximum atomic E-state index is 11.5. The molecule has 0 aliphatic rings.